The van der Waals surface area contributed by atoms with Gasteiger partial charge in [-0.25, -0.2) is 9.59 Å². The van der Waals surface area contributed by atoms with Crippen LogP contribution in [-0.4, -0.2) is 52.3 Å². The summed E-state index contributed by atoms with van der Waals surface area (Å²) in [6.07, 6.45) is 3.57. The highest BCUT2D eigenvalue weighted by molar-refractivity contribution is 5.87. The molecule has 6 heteroatoms. The zero-order valence-electron chi connectivity index (χ0n) is 10.8. The lowest BCUT2D eigenvalue weighted by molar-refractivity contribution is -0.148. The first-order valence-electron chi connectivity index (χ1n) is 6.47. The standard InChI is InChI=1S/C12H22N2O4/c1-2-3-7-14(8-9-15)11(18)13-12(10(16)17)5-4-6-12/h15H,2-9H2,1H3,(H,13,18)(H,16,17). The van der Waals surface area contributed by atoms with Gasteiger partial charge in [0, 0.05) is 13.1 Å². The van der Waals surface area contributed by atoms with Crippen LogP contribution in [0.25, 0.3) is 0 Å². The SMILES string of the molecule is CCCCN(CCO)C(=O)NC1(C(=O)O)CCC1. The third-order valence-corrected chi connectivity index (χ3v) is 3.40. The fraction of sp³-hybridized carbons (Fsp3) is 0.833. The second-order valence-electron chi connectivity index (χ2n) is 4.74. The number of aliphatic hydroxyl groups excluding tert-OH is 1. The summed E-state index contributed by atoms with van der Waals surface area (Å²) in [5.74, 6) is -0.971. The maximum atomic E-state index is 12.0. The first kappa shape index (κ1) is 14.8. The number of unbranched alkanes of at least 4 members (excludes halogenated alkanes) is 1. The van der Waals surface area contributed by atoms with E-state index in [2.05, 4.69) is 5.32 Å². The number of amides is 2. The molecule has 2 amide bonds. The van der Waals surface area contributed by atoms with Gasteiger partial charge in [0.1, 0.15) is 5.54 Å². The highest BCUT2D eigenvalue weighted by atomic mass is 16.4. The van der Waals surface area contributed by atoms with Crippen molar-refractivity contribution in [3.63, 3.8) is 0 Å². The van der Waals surface area contributed by atoms with Crippen LogP contribution in [0, 0.1) is 0 Å². The Kier molecular flexibility index (Phi) is 5.40. The van der Waals surface area contributed by atoms with Crippen molar-refractivity contribution < 1.29 is 19.8 Å². The van der Waals surface area contributed by atoms with Gasteiger partial charge in [-0.1, -0.05) is 13.3 Å². The van der Waals surface area contributed by atoms with Crippen molar-refractivity contribution >= 4 is 12.0 Å². The third-order valence-electron chi connectivity index (χ3n) is 3.40. The van der Waals surface area contributed by atoms with Gasteiger partial charge in [0.15, 0.2) is 0 Å². The van der Waals surface area contributed by atoms with Gasteiger partial charge in [0.25, 0.3) is 0 Å². The van der Waals surface area contributed by atoms with Gasteiger partial charge in [-0.2, -0.15) is 0 Å². The van der Waals surface area contributed by atoms with E-state index in [0.29, 0.717) is 19.4 Å². The zero-order chi connectivity index (χ0) is 13.6. The Balaban J connectivity index is 2.57. The molecule has 6 nitrogen and oxygen atoms in total. The highest BCUT2D eigenvalue weighted by Crippen LogP contribution is 2.32. The molecule has 0 bridgehead atoms. The molecule has 18 heavy (non-hydrogen) atoms. The number of urea groups is 1. The van der Waals surface area contributed by atoms with Crippen molar-refractivity contribution in [3.05, 3.63) is 0 Å². The minimum Gasteiger partial charge on any atom is -0.480 e. The molecule has 1 aliphatic rings. The van der Waals surface area contributed by atoms with Crippen LogP contribution in [0.2, 0.25) is 0 Å². The highest BCUT2D eigenvalue weighted by Gasteiger charge is 2.46. The number of carboxylic acid groups (broad SMARTS) is 1. The molecule has 0 saturated heterocycles. The van der Waals surface area contributed by atoms with Gasteiger partial charge >= 0.3 is 12.0 Å². The molecule has 0 aromatic carbocycles. The van der Waals surface area contributed by atoms with Crippen molar-refractivity contribution in [2.24, 2.45) is 0 Å². The molecule has 0 unspecified atom stereocenters. The first-order chi connectivity index (χ1) is 8.55. The molecule has 0 heterocycles. The molecule has 104 valence electrons. The summed E-state index contributed by atoms with van der Waals surface area (Å²) in [7, 11) is 0. The Labute approximate surface area is 107 Å². The Morgan fingerprint density at radius 2 is 2.00 bits per heavy atom. The number of carbonyl (C=O) groups is 2. The lowest BCUT2D eigenvalue weighted by Crippen LogP contribution is -2.61. The minimum atomic E-state index is -1.09. The Morgan fingerprint density at radius 3 is 2.39 bits per heavy atom. The lowest BCUT2D eigenvalue weighted by atomic mass is 9.77. The minimum absolute atomic E-state index is 0.114. The molecule has 0 spiro atoms. The van der Waals surface area contributed by atoms with Crippen LogP contribution in [0.4, 0.5) is 4.79 Å². The van der Waals surface area contributed by atoms with Gasteiger partial charge in [0.05, 0.1) is 6.61 Å². The molecular weight excluding hydrogens is 236 g/mol. The number of nitrogens with zero attached hydrogens (tertiary/aromatic N) is 1. The summed E-state index contributed by atoms with van der Waals surface area (Å²) in [4.78, 5) is 24.6. The average molecular weight is 258 g/mol. The predicted octanol–water partition coefficient (Wildman–Crippen LogP) is 0.798. The van der Waals surface area contributed by atoms with E-state index in [4.69, 9.17) is 10.2 Å². The van der Waals surface area contributed by atoms with E-state index in [-0.39, 0.29) is 19.2 Å². The number of hydrogen-bond acceptors (Lipinski definition) is 3. The van der Waals surface area contributed by atoms with Gasteiger partial charge in [-0.05, 0) is 25.7 Å². The largest absolute Gasteiger partial charge is 0.480 e. The molecule has 0 atom stereocenters. The van der Waals surface area contributed by atoms with Crippen LogP contribution in [0.3, 0.4) is 0 Å². The number of rotatable bonds is 7. The smallest absolute Gasteiger partial charge is 0.329 e. The maximum absolute atomic E-state index is 12.0. The second kappa shape index (κ2) is 6.58. The molecule has 1 saturated carbocycles. The molecule has 0 aliphatic heterocycles. The summed E-state index contributed by atoms with van der Waals surface area (Å²) in [6.45, 7) is 2.68. The van der Waals surface area contributed by atoms with Crippen LogP contribution in [0.1, 0.15) is 39.0 Å². The van der Waals surface area contributed by atoms with E-state index in [1.165, 1.54) is 4.90 Å². The number of aliphatic carboxylic acids is 1. The molecule has 3 N–H and O–H groups in total. The van der Waals surface area contributed by atoms with Gasteiger partial charge < -0.3 is 20.4 Å². The topological polar surface area (TPSA) is 89.9 Å². The average Bonchev–Trinajstić information content (AvgIpc) is 2.28. The summed E-state index contributed by atoms with van der Waals surface area (Å²) in [5, 5.41) is 20.7. The predicted molar refractivity (Wildman–Crippen MR) is 66.3 cm³/mol. The van der Waals surface area contributed by atoms with Gasteiger partial charge in [-0.15, -0.1) is 0 Å². The zero-order valence-corrected chi connectivity index (χ0v) is 10.8. The maximum Gasteiger partial charge on any atom is 0.329 e. The molecular formula is C12H22N2O4. The quantitative estimate of drug-likeness (QED) is 0.630. The van der Waals surface area contributed by atoms with E-state index in [1.807, 2.05) is 6.92 Å². The van der Waals surface area contributed by atoms with E-state index in [9.17, 15) is 9.59 Å². The third kappa shape index (κ3) is 3.35. The van der Waals surface area contributed by atoms with Gasteiger partial charge in [-0.3, -0.25) is 0 Å². The fourth-order valence-electron chi connectivity index (χ4n) is 1.99. The Hall–Kier alpha value is -1.30. The van der Waals surface area contributed by atoms with Crippen LogP contribution in [0.15, 0.2) is 0 Å². The Morgan fingerprint density at radius 1 is 1.33 bits per heavy atom. The summed E-state index contributed by atoms with van der Waals surface area (Å²) < 4.78 is 0. The van der Waals surface area contributed by atoms with Crippen molar-refractivity contribution in [2.75, 3.05) is 19.7 Å². The van der Waals surface area contributed by atoms with Crippen LogP contribution in [-0.2, 0) is 4.79 Å². The van der Waals surface area contributed by atoms with E-state index < -0.39 is 11.5 Å². The fourth-order valence-corrected chi connectivity index (χ4v) is 1.99. The van der Waals surface area contributed by atoms with Crippen molar-refractivity contribution in [1.82, 2.24) is 10.2 Å². The number of carboxylic acids is 1. The van der Waals surface area contributed by atoms with E-state index >= 15 is 0 Å². The van der Waals surface area contributed by atoms with Crippen LogP contribution < -0.4 is 5.32 Å². The number of carbonyl (C=O) groups excluding carboxylic acids is 1. The molecule has 0 aromatic heterocycles. The summed E-state index contributed by atoms with van der Waals surface area (Å²) in [6, 6.07) is -0.389. The normalized spacial score (nSPS) is 16.8. The molecule has 0 aromatic rings. The Bertz CT molecular complexity index is 302. The second-order valence-corrected chi connectivity index (χ2v) is 4.74. The van der Waals surface area contributed by atoms with E-state index in [1.54, 1.807) is 0 Å². The van der Waals surface area contributed by atoms with Gasteiger partial charge in [0.2, 0.25) is 0 Å². The first-order valence-corrected chi connectivity index (χ1v) is 6.47. The molecule has 1 rings (SSSR count). The molecule has 0 radical (unpaired) electrons. The number of aliphatic hydroxyl groups is 1. The molecule has 1 fully saturated rings. The van der Waals surface area contributed by atoms with Crippen molar-refractivity contribution in [3.8, 4) is 0 Å². The van der Waals surface area contributed by atoms with Crippen molar-refractivity contribution in [1.29, 1.82) is 0 Å². The van der Waals surface area contributed by atoms with Crippen LogP contribution in [0.5, 0.6) is 0 Å². The number of hydrogen-bond donors (Lipinski definition) is 3. The lowest BCUT2D eigenvalue weighted by Gasteiger charge is -2.39. The summed E-state index contributed by atoms with van der Waals surface area (Å²) >= 11 is 0. The van der Waals surface area contributed by atoms with E-state index in [0.717, 1.165) is 19.3 Å². The number of nitrogens with one attached hydrogen (secondary N) is 1. The van der Waals surface area contributed by atoms with Crippen LogP contribution >= 0.6 is 0 Å². The van der Waals surface area contributed by atoms with Crippen molar-refractivity contribution in [2.45, 2.75) is 44.6 Å². The monoisotopic (exact) mass is 258 g/mol. The summed E-state index contributed by atoms with van der Waals surface area (Å²) in [5.41, 5.74) is -1.09. The molecule has 1 aliphatic carbocycles.